The van der Waals surface area contributed by atoms with E-state index >= 15 is 0 Å². The minimum absolute atomic E-state index is 0.185. The quantitative estimate of drug-likeness (QED) is 0.479. The highest BCUT2D eigenvalue weighted by atomic mass is 32.2. The predicted molar refractivity (Wildman–Crippen MR) is 77.2 cm³/mol. The van der Waals surface area contributed by atoms with E-state index in [9.17, 15) is 4.79 Å². The number of rotatable bonds is 5. The lowest BCUT2D eigenvalue weighted by atomic mass is 10.2. The number of ether oxygens (including phenoxy) is 1. The number of carbonyl (C=O) groups excluding carboxylic acids is 1. The molecule has 1 heterocycles. The van der Waals surface area contributed by atoms with Gasteiger partial charge in [0.25, 0.3) is 0 Å². The lowest BCUT2D eigenvalue weighted by Crippen LogP contribution is -2.06. The lowest BCUT2D eigenvalue weighted by molar-refractivity contribution is 0.0515. The van der Waals surface area contributed by atoms with Crippen molar-refractivity contribution in [2.45, 2.75) is 11.9 Å². The Morgan fingerprint density at radius 1 is 1.45 bits per heavy atom. The van der Waals surface area contributed by atoms with Gasteiger partial charge in [0, 0.05) is 0 Å². The van der Waals surface area contributed by atoms with Crippen LogP contribution in [0.4, 0.5) is 0 Å². The van der Waals surface area contributed by atoms with Gasteiger partial charge in [-0.15, -0.1) is 21.7 Å². The minimum Gasteiger partial charge on any atom is -0.461 e. The summed E-state index contributed by atoms with van der Waals surface area (Å²) in [5.74, 6) is -0.488. The molecule has 0 amide bonds. The molecule has 1 aromatic heterocycles. The van der Waals surface area contributed by atoms with Gasteiger partial charge in [-0.25, -0.2) is 4.79 Å². The Bertz CT molecular complexity index is 610. The standard InChI is InChI=1S/C13H14N4O2S/c1-3-19-13(18)11-12(20-2)17(16-15-11)14-9-10-7-5-4-6-8-10/h4-9H,3H2,1-2H3/b14-9-. The van der Waals surface area contributed by atoms with Crippen molar-refractivity contribution in [2.24, 2.45) is 5.10 Å². The summed E-state index contributed by atoms with van der Waals surface area (Å²) < 4.78 is 4.93. The van der Waals surface area contributed by atoms with E-state index in [4.69, 9.17) is 4.74 Å². The maximum atomic E-state index is 11.7. The SMILES string of the molecule is CCOC(=O)c1nnn(/N=C\c2ccccc2)c1SC. The van der Waals surface area contributed by atoms with Crippen LogP contribution in [0.2, 0.25) is 0 Å². The molecule has 104 valence electrons. The highest BCUT2D eigenvalue weighted by molar-refractivity contribution is 7.98. The van der Waals surface area contributed by atoms with Crippen LogP contribution >= 0.6 is 11.8 Å². The Labute approximate surface area is 120 Å². The van der Waals surface area contributed by atoms with Crippen molar-refractivity contribution in [3.8, 4) is 0 Å². The normalized spacial score (nSPS) is 10.9. The molecule has 0 aliphatic heterocycles. The summed E-state index contributed by atoms with van der Waals surface area (Å²) in [5, 5.41) is 12.4. The number of thioether (sulfide) groups is 1. The van der Waals surface area contributed by atoms with Gasteiger partial charge >= 0.3 is 5.97 Å². The molecule has 0 aliphatic carbocycles. The van der Waals surface area contributed by atoms with Crippen molar-refractivity contribution in [3.63, 3.8) is 0 Å². The Hall–Kier alpha value is -2.15. The van der Waals surface area contributed by atoms with Crippen molar-refractivity contribution in [3.05, 3.63) is 41.6 Å². The first kappa shape index (κ1) is 14.3. The third kappa shape index (κ3) is 3.24. The minimum atomic E-state index is -0.488. The number of aromatic nitrogens is 3. The molecule has 20 heavy (non-hydrogen) atoms. The van der Waals surface area contributed by atoms with E-state index in [0.717, 1.165) is 5.56 Å². The summed E-state index contributed by atoms with van der Waals surface area (Å²) in [7, 11) is 0. The molecule has 2 rings (SSSR count). The summed E-state index contributed by atoms with van der Waals surface area (Å²) >= 11 is 1.34. The fourth-order valence-corrected chi connectivity index (χ4v) is 2.07. The monoisotopic (exact) mass is 290 g/mol. The van der Waals surface area contributed by atoms with E-state index < -0.39 is 5.97 Å². The molecule has 0 spiro atoms. The number of hydrogen-bond donors (Lipinski definition) is 0. The molecular formula is C13H14N4O2S. The maximum Gasteiger partial charge on any atom is 0.361 e. The molecule has 0 radical (unpaired) electrons. The average molecular weight is 290 g/mol. The van der Waals surface area contributed by atoms with Gasteiger partial charge in [0.1, 0.15) is 0 Å². The van der Waals surface area contributed by atoms with Gasteiger partial charge in [0.15, 0.2) is 5.03 Å². The molecule has 0 saturated heterocycles. The molecule has 0 aliphatic rings. The zero-order valence-electron chi connectivity index (χ0n) is 11.2. The van der Waals surface area contributed by atoms with Gasteiger partial charge in [-0.05, 0) is 24.0 Å². The number of hydrogen-bond acceptors (Lipinski definition) is 6. The van der Waals surface area contributed by atoms with Gasteiger partial charge < -0.3 is 4.74 Å². The number of esters is 1. The molecule has 0 N–H and O–H groups in total. The average Bonchev–Trinajstić information content (AvgIpc) is 2.89. The van der Waals surface area contributed by atoms with Crippen LogP contribution in [0.1, 0.15) is 23.0 Å². The topological polar surface area (TPSA) is 69.4 Å². The summed E-state index contributed by atoms with van der Waals surface area (Å²) in [5.41, 5.74) is 1.12. The Kier molecular flexibility index (Phi) is 4.89. The first-order valence-corrected chi connectivity index (χ1v) is 7.25. The Balaban J connectivity index is 2.25. The third-order valence-electron chi connectivity index (χ3n) is 2.39. The van der Waals surface area contributed by atoms with Crippen molar-refractivity contribution in [2.75, 3.05) is 12.9 Å². The first-order valence-electron chi connectivity index (χ1n) is 6.02. The molecule has 0 saturated carbocycles. The molecule has 7 heteroatoms. The highest BCUT2D eigenvalue weighted by Crippen LogP contribution is 2.18. The van der Waals surface area contributed by atoms with Gasteiger partial charge in [-0.1, -0.05) is 30.3 Å². The van der Waals surface area contributed by atoms with Crippen molar-refractivity contribution >= 4 is 23.9 Å². The molecule has 0 bridgehead atoms. The van der Waals surface area contributed by atoms with Crippen molar-refractivity contribution < 1.29 is 9.53 Å². The van der Waals surface area contributed by atoms with Crippen LogP contribution in [0.5, 0.6) is 0 Å². The van der Waals surface area contributed by atoms with E-state index in [1.165, 1.54) is 16.6 Å². The molecule has 1 aromatic carbocycles. The van der Waals surface area contributed by atoms with Gasteiger partial charge in [0.2, 0.25) is 5.69 Å². The first-order chi connectivity index (χ1) is 9.76. The molecule has 0 atom stereocenters. The van der Waals surface area contributed by atoms with Gasteiger partial charge in [0.05, 0.1) is 12.8 Å². The molecule has 0 unspecified atom stereocenters. The molecule has 6 nitrogen and oxygen atoms in total. The third-order valence-corrected chi connectivity index (χ3v) is 3.13. The van der Waals surface area contributed by atoms with Crippen LogP contribution in [-0.2, 0) is 4.74 Å². The van der Waals surface area contributed by atoms with Crippen molar-refractivity contribution in [1.82, 2.24) is 15.1 Å². The fourth-order valence-electron chi connectivity index (χ4n) is 1.51. The zero-order valence-corrected chi connectivity index (χ0v) is 12.0. The molecule has 0 fully saturated rings. The number of nitrogens with zero attached hydrogens (tertiary/aromatic N) is 4. The summed E-state index contributed by atoms with van der Waals surface area (Å²) in [6, 6.07) is 9.61. The van der Waals surface area contributed by atoms with Crippen LogP contribution in [0.25, 0.3) is 0 Å². The predicted octanol–water partition coefficient (Wildman–Crippen LogP) is 2.06. The Morgan fingerprint density at radius 3 is 2.85 bits per heavy atom. The van der Waals surface area contributed by atoms with Gasteiger partial charge in [-0.3, -0.25) is 0 Å². The summed E-state index contributed by atoms with van der Waals surface area (Å²) in [6.07, 6.45) is 3.49. The number of carbonyl (C=O) groups is 1. The van der Waals surface area contributed by atoms with Crippen LogP contribution < -0.4 is 0 Å². The van der Waals surface area contributed by atoms with Crippen LogP contribution in [0.3, 0.4) is 0 Å². The van der Waals surface area contributed by atoms with Crippen LogP contribution in [0, 0.1) is 0 Å². The Morgan fingerprint density at radius 2 is 2.20 bits per heavy atom. The van der Waals surface area contributed by atoms with Crippen LogP contribution in [-0.4, -0.2) is 40.1 Å². The van der Waals surface area contributed by atoms with Crippen molar-refractivity contribution in [1.29, 1.82) is 0 Å². The second kappa shape index (κ2) is 6.85. The van der Waals surface area contributed by atoms with Gasteiger partial charge in [-0.2, -0.15) is 5.10 Å². The highest BCUT2D eigenvalue weighted by Gasteiger charge is 2.20. The maximum absolute atomic E-state index is 11.7. The second-order valence-corrected chi connectivity index (χ2v) is 4.51. The van der Waals surface area contributed by atoms with E-state index in [0.29, 0.717) is 11.6 Å². The summed E-state index contributed by atoms with van der Waals surface area (Å²) in [6.45, 7) is 2.04. The molecule has 2 aromatic rings. The van der Waals surface area contributed by atoms with E-state index in [1.807, 2.05) is 36.6 Å². The van der Waals surface area contributed by atoms with E-state index in [1.54, 1.807) is 13.1 Å². The lowest BCUT2D eigenvalue weighted by Gasteiger charge is -2.00. The second-order valence-electron chi connectivity index (χ2n) is 3.71. The zero-order chi connectivity index (χ0) is 14.4. The number of benzene rings is 1. The molecular weight excluding hydrogens is 276 g/mol. The van der Waals surface area contributed by atoms with E-state index in [2.05, 4.69) is 15.4 Å². The summed E-state index contributed by atoms with van der Waals surface area (Å²) in [4.78, 5) is 13.0. The largest absolute Gasteiger partial charge is 0.461 e. The van der Waals surface area contributed by atoms with E-state index in [-0.39, 0.29) is 5.69 Å². The fraction of sp³-hybridized carbons (Fsp3) is 0.231. The smallest absolute Gasteiger partial charge is 0.361 e. The van der Waals surface area contributed by atoms with Crippen LogP contribution in [0.15, 0.2) is 40.5 Å².